The molecule has 0 aromatic heterocycles. The highest BCUT2D eigenvalue weighted by Crippen LogP contribution is 2.27. The molecule has 2 unspecified atom stereocenters. The number of carbonyl (C=O) groups excluding carboxylic acids is 1. The summed E-state index contributed by atoms with van der Waals surface area (Å²) in [6.45, 7) is 4.75. The highest BCUT2D eigenvalue weighted by molar-refractivity contribution is 6.26. The van der Waals surface area contributed by atoms with Crippen molar-refractivity contribution in [2.45, 2.75) is 13.0 Å². The SMILES string of the molecule is CC[NH+](C/C=C/c1ccccc1)CC(O)COc1cc(OC)cc(OC)c1.O=C([O-])C(=O)O. The van der Waals surface area contributed by atoms with E-state index >= 15 is 0 Å². The molecule has 0 radical (unpaired) electrons. The van der Waals surface area contributed by atoms with E-state index in [1.54, 1.807) is 32.4 Å². The first-order chi connectivity index (χ1) is 15.8. The van der Waals surface area contributed by atoms with Gasteiger partial charge in [-0.25, -0.2) is 4.79 Å². The van der Waals surface area contributed by atoms with E-state index in [0.717, 1.165) is 13.1 Å². The normalized spacial score (nSPS) is 12.2. The molecule has 180 valence electrons. The van der Waals surface area contributed by atoms with E-state index in [0.29, 0.717) is 23.8 Å². The smallest absolute Gasteiger partial charge is 0.351 e. The molecule has 9 heteroatoms. The molecular weight excluding hydrogens is 430 g/mol. The molecule has 0 aliphatic rings. The van der Waals surface area contributed by atoms with E-state index in [2.05, 4.69) is 31.2 Å². The van der Waals surface area contributed by atoms with Crippen molar-refractivity contribution >= 4 is 18.0 Å². The van der Waals surface area contributed by atoms with E-state index in [1.807, 2.05) is 18.2 Å². The number of quaternary nitrogens is 1. The summed E-state index contributed by atoms with van der Waals surface area (Å²) in [6.07, 6.45) is 3.71. The Kier molecular flexibility index (Phi) is 12.7. The van der Waals surface area contributed by atoms with Gasteiger partial charge >= 0.3 is 5.97 Å². The van der Waals surface area contributed by atoms with Gasteiger partial charge in [0.2, 0.25) is 0 Å². The largest absolute Gasteiger partial charge is 0.539 e. The zero-order valence-electron chi connectivity index (χ0n) is 19.0. The van der Waals surface area contributed by atoms with Crippen LogP contribution in [0.4, 0.5) is 0 Å². The number of carboxylic acids is 2. The lowest BCUT2D eigenvalue weighted by Crippen LogP contribution is -3.12. The quantitative estimate of drug-likeness (QED) is 0.395. The van der Waals surface area contributed by atoms with Crippen LogP contribution >= 0.6 is 0 Å². The number of benzene rings is 2. The fraction of sp³-hybridized carbons (Fsp3) is 0.333. The Balaban J connectivity index is 0.000000801. The number of hydrogen-bond acceptors (Lipinski definition) is 7. The number of carboxylic acid groups (broad SMARTS) is 2. The van der Waals surface area contributed by atoms with Crippen molar-refractivity contribution in [2.75, 3.05) is 40.5 Å². The third-order valence-electron chi connectivity index (χ3n) is 4.48. The fourth-order valence-electron chi connectivity index (χ4n) is 2.75. The maximum atomic E-state index is 10.3. The third-order valence-corrected chi connectivity index (χ3v) is 4.48. The maximum Gasteiger partial charge on any atom is 0.351 e. The van der Waals surface area contributed by atoms with E-state index in [4.69, 9.17) is 34.0 Å². The van der Waals surface area contributed by atoms with Crippen molar-refractivity contribution in [3.8, 4) is 17.2 Å². The van der Waals surface area contributed by atoms with Crippen LogP contribution in [0.15, 0.2) is 54.6 Å². The van der Waals surface area contributed by atoms with Gasteiger partial charge in [0.1, 0.15) is 36.5 Å². The Morgan fingerprint density at radius 1 is 1.06 bits per heavy atom. The van der Waals surface area contributed by atoms with Crippen molar-refractivity contribution in [3.63, 3.8) is 0 Å². The zero-order valence-corrected chi connectivity index (χ0v) is 19.0. The summed E-state index contributed by atoms with van der Waals surface area (Å²) in [4.78, 5) is 19.3. The molecule has 9 nitrogen and oxygen atoms in total. The molecule has 2 rings (SSSR count). The van der Waals surface area contributed by atoms with Crippen LogP contribution in [0.3, 0.4) is 0 Å². The molecule has 0 heterocycles. The molecule has 0 bridgehead atoms. The number of rotatable bonds is 11. The number of methoxy groups -OCH3 is 2. The summed E-state index contributed by atoms with van der Waals surface area (Å²) >= 11 is 0. The van der Waals surface area contributed by atoms with E-state index in [1.165, 1.54) is 10.5 Å². The minimum Gasteiger partial charge on any atom is -0.539 e. The van der Waals surface area contributed by atoms with Gasteiger partial charge in [0, 0.05) is 18.2 Å². The van der Waals surface area contributed by atoms with E-state index < -0.39 is 18.0 Å². The van der Waals surface area contributed by atoms with Crippen molar-refractivity contribution < 1.29 is 44.0 Å². The van der Waals surface area contributed by atoms with Gasteiger partial charge in [-0.2, -0.15) is 0 Å². The first kappa shape index (κ1) is 27.5. The lowest BCUT2D eigenvalue weighted by atomic mass is 10.2. The molecule has 0 fully saturated rings. The van der Waals surface area contributed by atoms with Crippen LogP contribution in [0.1, 0.15) is 12.5 Å². The molecule has 3 N–H and O–H groups in total. The lowest BCUT2D eigenvalue weighted by Gasteiger charge is -2.20. The summed E-state index contributed by atoms with van der Waals surface area (Å²) < 4.78 is 16.2. The first-order valence-corrected chi connectivity index (χ1v) is 10.3. The monoisotopic (exact) mass is 461 g/mol. The number of nitrogens with one attached hydrogen (secondary N) is 1. The number of hydrogen-bond donors (Lipinski definition) is 3. The number of aliphatic carboxylic acids is 2. The number of likely N-dealkylation sites (N-methyl/N-ethyl adjacent to an activating group) is 1. The van der Waals surface area contributed by atoms with Crippen molar-refractivity contribution in [1.29, 1.82) is 0 Å². The molecule has 2 atom stereocenters. The van der Waals surface area contributed by atoms with Crippen molar-refractivity contribution in [1.82, 2.24) is 0 Å². The molecule has 0 saturated heterocycles. The summed E-state index contributed by atoms with van der Waals surface area (Å²) in [5.41, 5.74) is 1.18. The standard InChI is InChI=1S/C22H29NO4.C2H2O4/c1-4-23(12-8-11-18-9-6-5-7-10-18)16-19(24)17-27-22-14-20(25-2)13-21(15-22)26-3;3-1(4)2(5)6/h5-11,13-15,19,24H,4,12,16-17H2,1-3H3;(H,3,4)(H,5,6)/b11-8+;. The lowest BCUT2D eigenvalue weighted by molar-refractivity contribution is -0.895. The van der Waals surface area contributed by atoms with Gasteiger partial charge in [-0.3, -0.25) is 0 Å². The van der Waals surface area contributed by atoms with Crippen LogP contribution in [0.5, 0.6) is 17.2 Å². The maximum absolute atomic E-state index is 10.3. The van der Waals surface area contributed by atoms with E-state index in [9.17, 15) is 5.11 Å². The van der Waals surface area contributed by atoms with Gasteiger partial charge < -0.3 is 39.2 Å². The molecule has 2 aromatic carbocycles. The average Bonchev–Trinajstić information content (AvgIpc) is 2.82. The van der Waals surface area contributed by atoms with Crippen molar-refractivity contribution in [2.24, 2.45) is 0 Å². The fourth-order valence-corrected chi connectivity index (χ4v) is 2.75. The zero-order chi connectivity index (χ0) is 24.6. The van der Waals surface area contributed by atoms with Crippen LogP contribution in [0.25, 0.3) is 6.08 Å². The Hall–Kier alpha value is -3.56. The Bertz CT molecular complexity index is 851. The Morgan fingerprint density at radius 3 is 2.09 bits per heavy atom. The van der Waals surface area contributed by atoms with Gasteiger partial charge in [-0.05, 0) is 18.6 Å². The topological polar surface area (TPSA) is 130 Å². The molecule has 2 aromatic rings. The van der Waals surface area contributed by atoms with Crippen LogP contribution in [0, 0.1) is 0 Å². The summed E-state index contributed by atoms with van der Waals surface area (Å²) in [5, 5.41) is 26.7. The predicted molar refractivity (Wildman–Crippen MR) is 120 cm³/mol. The summed E-state index contributed by atoms with van der Waals surface area (Å²) in [6, 6.07) is 15.6. The van der Waals surface area contributed by atoms with E-state index in [-0.39, 0.29) is 6.61 Å². The molecule has 0 aliphatic carbocycles. The second-order valence-electron chi connectivity index (χ2n) is 6.93. The summed E-state index contributed by atoms with van der Waals surface area (Å²) in [7, 11) is 3.19. The number of aliphatic hydroxyl groups excluding tert-OH is 1. The van der Waals surface area contributed by atoms with Crippen molar-refractivity contribution in [3.05, 3.63) is 60.2 Å². The second kappa shape index (κ2) is 15.3. The van der Waals surface area contributed by atoms with Crippen LogP contribution < -0.4 is 24.2 Å². The molecule has 0 spiro atoms. The minimum atomic E-state index is -2.07. The Morgan fingerprint density at radius 2 is 1.61 bits per heavy atom. The van der Waals surface area contributed by atoms with Gasteiger partial charge in [0.25, 0.3) is 0 Å². The Labute approximate surface area is 193 Å². The van der Waals surface area contributed by atoms with Crippen LogP contribution in [-0.2, 0) is 9.59 Å². The minimum absolute atomic E-state index is 0.224. The predicted octanol–water partition coefficient (Wildman–Crippen LogP) is -0.117. The molecule has 0 amide bonds. The van der Waals surface area contributed by atoms with Crippen LogP contribution in [-0.4, -0.2) is 68.7 Å². The number of aliphatic hydroxyl groups is 1. The highest BCUT2D eigenvalue weighted by Gasteiger charge is 2.14. The average molecular weight is 462 g/mol. The van der Waals surface area contributed by atoms with Gasteiger partial charge in [-0.1, -0.05) is 36.4 Å². The van der Waals surface area contributed by atoms with Crippen LogP contribution in [0.2, 0.25) is 0 Å². The number of carbonyl (C=O) groups is 2. The first-order valence-electron chi connectivity index (χ1n) is 10.3. The highest BCUT2D eigenvalue weighted by atomic mass is 16.5. The molecule has 0 aliphatic heterocycles. The summed E-state index contributed by atoms with van der Waals surface area (Å²) in [5.74, 6) is -2.08. The molecular formula is C24H31NO8. The molecule has 0 saturated carbocycles. The van der Waals surface area contributed by atoms with Gasteiger partial charge in [-0.15, -0.1) is 0 Å². The third kappa shape index (κ3) is 11.6. The molecule has 33 heavy (non-hydrogen) atoms. The number of ether oxygens (including phenoxy) is 3. The van der Waals surface area contributed by atoms with Gasteiger partial charge in [0.15, 0.2) is 5.97 Å². The van der Waals surface area contributed by atoms with Gasteiger partial charge in [0.05, 0.1) is 27.3 Å². The second-order valence-corrected chi connectivity index (χ2v) is 6.93.